The molecule has 2 atom stereocenters. The molecule has 2 aliphatic rings. The first-order chi connectivity index (χ1) is 15.0. The number of halogens is 1. The summed E-state index contributed by atoms with van der Waals surface area (Å²) in [6.45, 7) is 3.73. The summed E-state index contributed by atoms with van der Waals surface area (Å²) >= 11 is 0. The van der Waals surface area contributed by atoms with Crippen LogP contribution in [0, 0.1) is 5.82 Å². The third-order valence-corrected chi connectivity index (χ3v) is 6.41. The fourth-order valence-corrected chi connectivity index (χ4v) is 4.77. The lowest BCUT2D eigenvalue weighted by Crippen LogP contribution is -2.52. The van der Waals surface area contributed by atoms with E-state index in [1.54, 1.807) is 4.90 Å². The molecule has 0 unspecified atom stereocenters. The predicted molar refractivity (Wildman–Crippen MR) is 116 cm³/mol. The van der Waals surface area contributed by atoms with Crippen molar-refractivity contribution in [1.82, 2.24) is 4.90 Å². The molecule has 0 bridgehead atoms. The number of carbonyl (C=O) groups is 1. The van der Waals surface area contributed by atoms with E-state index in [4.69, 9.17) is 14.2 Å². The van der Waals surface area contributed by atoms with E-state index in [2.05, 4.69) is 12.1 Å². The Balaban J connectivity index is 1.48. The first-order valence-corrected chi connectivity index (χ1v) is 11.0. The van der Waals surface area contributed by atoms with E-state index >= 15 is 0 Å². The van der Waals surface area contributed by atoms with Crippen molar-refractivity contribution in [3.63, 3.8) is 0 Å². The Bertz CT molecular complexity index is 896. The summed E-state index contributed by atoms with van der Waals surface area (Å²) in [6, 6.07) is 14.5. The number of hydrogen-bond acceptors (Lipinski definition) is 4. The van der Waals surface area contributed by atoms with Gasteiger partial charge in [-0.05, 0) is 43.5 Å². The van der Waals surface area contributed by atoms with Gasteiger partial charge in [-0.3, -0.25) is 4.79 Å². The lowest BCUT2D eigenvalue weighted by Gasteiger charge is -2.48. The summed E-state index contributed by atoms with van der Waals surface area (Å²) < 4.78 is 32.1. The summed E-state index contributed by atoms with van der Waals surface area (Å²) in [5, 5.41) is 0. The molecular formula is C25H30FNO4. The first kappa shape index (κ1) is 21.8. The molecule has 5 nitrogen and oxygen atoms in total. The summed E-state index contributed by atoms with van der Waals surface area (Å²) in [5.41, 5.74) is 0.875. The zero-order chi connectivity index (χ0) is 21.8. The highest BCUT2D eigenvalue weighted by atomic mass is 19.1. The monoisotopic (exact) mass is 427 g/mol. The largest absolute Gasteiger partial charge is 0.497 e. The van der Waals surface area contributed by atoms with Crippen LogP contribution in [0.5, 0.6) is 5.75 Å². The highest BCUT2D eigenvalue weighted by Crippen LogP contribution is 2.44. The molecule has 0 N–H and O–H groups in total. The second-order valence-corrected chi connectivity index (χ2v) is 8.36. The minimum Gasteiger partial charge on any atom is -0.497 e. The van der Waals surface area contributed by atoms with E-state index in [1.807, 2.05) is 25.1 Å². The topological polar surface area (TPSA) is 48.0 Å². The van der Waals surface area contributed by atoms with Crippen molar-refractivity contribution in [3.8, 4) is 5.75 Å². The van der Waals surface area contributed by atoms with Gasteiger partial charge in [0.05, 0.1) is 30.5 Å². The average molecular weight is 428 g/mol. The summed E-state index contributed by atoms with van der Waals surface area (Å²) in [5.74, 6) is -0.359. The van der Waals surface area contributed by atoms with Crippen LogP contribution in [0.15, 0.2) is 48.5 Å². The van der Waals surface area contributed by atoms with Gasteiger partial charge in [-0.25, -0.2) is 4.39 Å². The lowest BCUT2D eigenvalue weighted by molar-refractivity contribution is -0.190. The van der Waals surface area contributed by atoms with Gasteiger partial charge in [0, 0.05) is 32.5 Å². The fraction of sp³-hybridized carbons (Fsp3) is 0.480. The van der Waals surface area contributed by atoms with E-state index < -0.39 is 5.82 Å². The second kappa shape index (κ2) is 9.37. The zero-order valence-electron chi connectivity index (χ0n) is 18.2. The van der Waals surface area contributed by atoms with E-state index in [0.29, 0.717) is 38.3 Å². The molecule has 0 saturated carbocycles. The number of hydrogen-bond donors (Lipinski definition) is 0. The SMILES string of the molecule is CCO[C@H]1C[C@@H](c2ccccc2)OC2(CCN(C(=O)c3cc(OC)ccc3F)CC2)C1. The number of likely N-dealkylation sites (tertiary alicyclic amines) is 1. The minimum atomic E-state index is -0.527. The van der Waals surface area contributed by atoms with Crippen LogP contribution in [0.25, 0.3) is 0 Å². The molecule has 2 fully saturated rings. The predicted octanol–water partition coefficient (Wildman–Crippen LogP) is 4.77. The van der Waals surface area contributed by atoms with Crippen molar-refractivity contribution in [2.24, 2.45) is 0 Å². The number of nitrogens with zero attached hydrogens (tertiary/aromatic N) is 1. The fourth-order valence-electron chi connectivity index (χ4n) is 4.77. The van der Waals surface area contributed by atoms with Crippen LogP contribution < -0.4 is 4.74 Å². The summed E-state index contributed by atoms with van der Waals surface area (Å²) in [6.07, 6.45) is 3.16. The molecule has 4 rings (SSSR count). The van der Waals surface area contributed by atoms with Gasteiger partial charge in [-0.15, -0.1) is 0 Å². The van der Waals surface area contributed by atoms with E-state index in [9.17, 15) is 9.18 Å². The Labute approximate surface area is 183 Å². The third-order valence-electron chi connectivity index (χ3n) is 6.41. The molecule has 2 aromatic carbocycles. The molecule has 166 valence electrons. The molecule has 2 heterocycles. The van der Waals surface area contributed by atoms with Crippen LogP contribution in [-0.2, 0) is 9.47 Å². The first-order valence-electron chi connectivity index (χ1n) is 11.0. The molecule has 0 aliphatic carbocycles. The van der Waals surface area contributed by atoms with Gasteiger partial charge < -0.3 is 19.1 Å². The number of amides is 1. The standard InChI is InChI=1S/C25H30FNO4/c1-3-30-20-16-23(18-7-5-4-6-8-18)31-25(17-20)11-13-27(14-12-25)24(28)21-15-19(29-2)9-10-22(21)26/h4-10,15,20,23H,3,11-14,16-17H2,1-2H3/t20-,23-/m0/s1. The average Bonchev–Trinajstić information content (AvgIpc) is 2.80. The van der Waals surface area contributed by atoms with Crippen LogP contribution in [-0.4, -0.2) is 49.3 Å². The maximum atomic E-state index is 14.3. The van der Waals surface area contributed by atoms with Crippen molar-refractivity contribution < 1.29 is 23.4 Å². The minimum absolute atomic E-state index is 0.0235. The number of rotatable bonds is 5. The molecule has 2 aliphatic heterocycles. The number of methoxy groups -OCH3 is 1. The smallest absolute Gasteiger partial charge is 0.256 e. The molecule has 2 aromatic rings. The molecule has 0 aromatic heterocycles. The van der Waals surface area contributed by atoms with Crippen molar-refractivity contribution >= 4 is 5.91 Å². The quantitative estimate of drug-likeness (QED) is 0.690. The summed E-state index contributed by atoms with van der Waals surface area (Å²) in [7, 11) is 1.50. The van der Waals surface area contributed by atoms with Crippen molar-refractivity contribution in [2.75, 3.05) is 26.8 Å². The van der Waals surface area contributed by atoms with Gasteiger partial charge in [0.25, 0.3) is 5.91 Å². The maximum absolute atomic E-state index is 14.3. The highest BCUT2D eigenvalue weighted by molar-refractivity contribution is 5.95. The number of piperidine rings is 1. The molecule has 0 radical (unpaired) electrons. The van der Waals surface area contributed by atoms with E-state index in [0.717, 1.165) is 18.4 Å². The van der Waals surface area contributed by atoms with Gasteiger partial charge in [0.2, 0.25) is 0 Å². The molecule has 1 spiro atoms. The van der Waals surface area contributed by atoms with Gasteiger partial charge in [-0.2, -0.15) is 0 Å². The molecule has 1 amide bonds. The maximum Gasteiger partial charge on any atom is 0.256 e. The second-order valence-electron chi connectivity index (χ2n) is 8.36. The van der Waals surface area contributed by atoms with Gasteiger partial charge in [-0.1, -0.05) is 30.3 Å². The molecular weight excluding hydrogens is 397 g/mol. The van der Waals surface area contributed by atoms with Crippen molar-refractivity contribution in [2.45, 2.75) is 50.4 Å². The Kier molecular flexibility index (Phi) is 6.58. The molecule has 2 saturated heterocycles. The van der Waals surface area contributed by atoms with Crippen molar-refractivity contribution in [1.29, 1.82) is 0 Å². The number of ether oxygens (including phenoxy) is 3. The lowest BCUT2D eigenvalue weighted by atomic mass is 9.80. The van der Waals surface area contributed by atoms with E-state index in [-0.39, 0.29) is 29.3 Å². The van der Waals surface area contributed by atoms with Gasteiger partial charge >= 0.3 is 0 Å². The van der Waals surface area contributed by atoms with Crippen molar-refractivity contribution in [3.05, 3.63) is 65.5 Å². The molecule has 6 heteroatoms. The Morgan fingerprint density at radius 3 is 2.61 bits per heavy atom. The summed E-state index contributed by atoms with van der Waals surface area (Å²) in [4.78, 5) is 14.7. The van der Waals surface area contributed by atoms with Crippen LogP contribution in [0.2, 0.25) is 0 Å². The van der Waals surface area contributed by atoms with Crippen LogP contribution in [0.4, 0.5) is 4.39 Å². The Hall–Kier alpha value is -2.44. The van der Waals surface area contributed by atoms with Crippen LogP contribution in [0.3, 0.4) is 0 Å². The number of benzene rings is 2. The zero-order valence-corrected chi connectivity index (χ0v) is 18.2. The highest BCUT2D eigenvalue weighted by Gasteiger charge is 2.45. The van der Waals surface area contributed by atoms with Crippen LogP contribution >= 0.6 is 0 Å². The Morgan fingerprint density at radius 2 is 1.94 bits per heavy atom. The van der Waals surface area contributed by atoms with Gasteiger partial charge in [0.15, 0.2) is 0 Å². The van der Waals surface area contributed by atoms with E-state index in [1.165, 1.54) is 25.3 Å². The van der Waals surface area contributed by atoms with Gasteiger partial charge in [0.1, 0.15) is 11.6 Å². The Morgan fingerprint density at radius 1 is 1.19 bits per heavy atom. The molecule has 31 heavy (non-hydrogen) atoms. The van der Waals surface area contributed by atoms with Crippen LogP contribution in [0.1, 0.15) is 54.6 Å². The number of carbonyl (C=O) groups excluding carboxylic acids is 1. The normalized spacial score (nSPS) is 23.0. The third kappa shape index (κ3) is 4.75.